The molecule has 0 aromatic heterocycles. The molecule has 0 bridgehead atoms. The van der Waals surface area contributed by atoms with Crippen molar-refractivity contribution in [2.45, 2.75) is 284 Å². The molecular formula is C71H116O6. The van der Waals surface area contributed by atoms with Crippen LogP contribution in [0, 0.1) is 0 Å². The Balaban J connectivity index is 4.43. The zero-order chi connectivity index (χ0) is 55.7. The highest BCUT2D eigenvalue weighted by Gasteiger charge is 2.19. The standard InChI is InChI=1S/C71H116O6/c1-4-7-10-13-16-19-22-25-28-30-32-33-34-35-36-37-39-40-43-46-49-52-55-58-61-64-70(73)76-67-68(66-75-69(72)63-60-57-54-51-48-45-42-27-24-21-18-15-12-9-6-3)77-71(74)65-62-59-56-53-50-47-44-41-38-31-29-26-23-20-17-14-11-8-5-2/h7,9-10,12,16-21,25-29,32-33,35-36,39-40,42,68H,4-6,8,11,13-15,22-24,30-31,34,37-38,41,43-67H2,1-3H3/b10-7-,12-9-,19-16-,20-17-,21-18-,28-25-,29-26-,33-32-,36-35-,40-39-,42-27-. The van der Waals surface area contributed by atoms with Crippen molar-refractivity contribution >= 4 is 17.9 Å². The third-order valence-electron chi connectivity index (χ3n) is 13.1. The summed E-state index contributed by atoms with van der Waals surface area (Å²) in [5, 5.41) is 0. The van der Waals surface area contributed by atoms with Crippen molar-refractivity contribution in [1.82, 2.24) is 0 Å². The van der Waals surface area contributed by atoms with Gasteiger partial charge in [0.25, 0.3) is 0 Å². The van der Waals surface area contributed by atoms with E-state index < -0.39 is 6.10 Å². The summed E-state index contributed by atoms with van der Waals surface area (Å²) in [6, 6.07) is 0. The Morgan fingerprint density at radius 1 is 0.273 bits per heavy atom. The maximum Gasteiger partial charge on any atom is 0.306 e. The molecule has 0 amide bonds. The molecule has 0 aliphatic carbocycles. The Hall–Kier alpha value is -4.45. The Kier molecular flexibility index (Phi) is 60.4. The lowest BCUT2D eigenvalue weighted by atomic mass is 10.1. The zero-order valence-corrected chi connectivity index (χ0v) is 49.9. The molecule has 0 radical (unpaired) electrons. The van der Waals surface area contributed by atoms with Crippen LogP contribution in [0.25, 0.3) is 0 Å². The van der Waals surface area contributed by atoms with Crippen LogP contribution in [0.2, 0.25) is 0 Å². The first kappa shape index (κ1) is 72.5. The molecule has 0 rings (SSSR count). The molecule has 6 nitrogen and oxygen atoms in total. The van der Waals surface area contributed by atoms with Crippen molar-refractivity contribution in [2.75, 3.05) is 13.2 Å². The maximum atomic E-state index is 12.9. The van der Waals surface area contributed by atoms with Gasteiger partial charge in [-0.3, -0.25) is 14.4 Å². The lowest BCUT2D eigenvalue weighted by Crippen LogP contribution is -2.30. The van der Waals surface area contributed by atoms with Crippen molar-refractivity contribution in [3.8, 4) is 0 Å². The number of carbonyl (C=O) groups excluding carboxylic acids is 3. The van der Waals surface area contributed by atoms with Gasteiger partial charge in [-0.2, -0.15) is 0 Å². The van der Waals surface area contributed by atoms with Crippen LogP contribution >= 0.6 is 0 Å². The number of esters is 3. The third-order valence-corrected chi connectivity index (χ3v) is 13.1. The highest BCUT2D eigenvalue weighted by molar-refractivity contribution is 5.71. The first-order chi connectivity index (χ1) is 38.0. The van der Waals surface area contributed by atoms with E-state index in [-0.39, 0.29) is 31.1 Å². The number of hydrogen-bond acceptors (Lipinski definition) is 6. The van der Waals surface area contributed by atoms with E-state index in [1.54, 1.807) is 0 Å². The molecule has 0 N–H and O–H groups in total. The van der Waals surface area contributed by atoms with Crippen LogP contribution in [-0.2, 0) is 28.6 Å². The highest BCUT2D eigenvalue weighted by Crippen LogP contribution is 2.15. The second-order valence-electron chi connectivity index (χ2n) is 20.5. The van der Waals surface area contributed by atoms with Gasteiger partial charge >= 0.3 is 17.9 Å². The van der Waals surface area contributed by atoms with Gasteiger partial charge in [-0.05, 0) is 135 Å². The molecule has 77 heavy (non-hydrogen) atoms. The largest absolute Gasteiger partial charge is 0.462 e. The summed E-state index contributed by atoms with van der Waals surface area (Å²) < 4.78 is 16.9. The topological polar surface area (TPSA) is 78.9 Å². The van der Waals surface area contributed by atoms with Gasteiger partial charge in [-0.25, -0.2) is 0 Å². The fourth-order valence-corrected chi connectivity index (χ4v) is 8.43. The lowest BCUT2D eigenvalue weighted by Gasteiger charge is -2.18. The van der Waals surface area contributed by atoms with E-state index in [1.165, 1.54) is 83.5 Å². The van der Waals surface area contributed by atoms with E-state index in [9.17, 15) is 14.4 Å². The normalized spacial score (nSPS) is 13.0. The van der Waals surface area contributed by atoms with Gasteiger partial charge in [0.05, 0.1) is 0 Å². The minimum Gasteiger partial charge on any atom is -0.462 e. The summed E-state index contributed by atoms with van der Waals surface area (Å²) in [4.78, 5) is 38.3. The predicted octanol–water partition coefficient (Wildman–Crippen LogP) is 21.8. The van der Waals surface area contributed by atoms with Gasteiger partial charge in [0.15, 0.2) is 6.10 Å². The Labute approximate surface area is 475 Å². The van der Waals surface area contributed by atoms with Crippen LogP contribution in [0.1, 0.15) is 278 Å². The maximum absolute atomic E-state index is 12.9. The number of rotatable bonds is 56. The molecular weight excluding hydrogens is 949 g/mol. The summed E-state index contributed by atoms with van der Waals surface area (Å²) in [7, 11) is 0. The van der Waals surface area contributed by atoms with Crippen molar-refractivity contribution in [3.63, 3.8) is 0 Å². The Morgan fingerprint density at radius 3 is 0.792 bits per heavy atom. The number of hydrogen-bond donors (Lipinski definition) is 0. The molecule has 0 saturated carbocycles. The minimum absolute atomic E-state index is 0.0969. The van der Waals surface area contributed by atoms with Crippen molar-refractivity contribution < 1.29 is 28.6 Å². The molecule has 0 heterocycles. The number of carbonyl (C=O) groups is 3. The summed E-state index contributed by atoms with van der Waals surface area (Å²) in [6.45, 7) is 6.37. The van der Waals surface area contributed by atoms with Crippen molar-refractivity contribution in [2.24, 2.45) is 0 Å². The molecule has 436 valence electrons. The molecule has 1 atom stereocenters. The molecule has 0 fully saturated rings. The van der Waals surface area contributed by atoms with Crippen LogP contribution < -0.4 is 0 Å². The quantitative estimate of drug-likeness (QED) is 0.0261. The molecule has 0 spiro atoms. The summed E-state index contributed by atoms with van der Waals surface area (Å²) in [5.74, 6) is -0.929. The molecule has 1 unspecified atom stereocenters. The van der Waals surface area contributed by atoms with E-state index in [1.807, 2.05) is 0 Å². The van der Waals surface area contributed by atoms with E-state index in [0.29, 0.717) is 19.3 Å². The summed E-state index contributed by atoms with van der Waals surface area (Å²) in [6.07, 6.45) is 90.2. The fraction of sp³-hybridized carbons (Fsp3) is 0.648. The number of allylic oxidation sites excluding steroid dienone is 22. The van der Waals surface area contributed by atoms with E-state index in [4.69, 9.17) is 14.2 Å². The highest BCUT2D eigenvalue weighted by atomic mass is 16.6. The Morgan fingerprint density at radius 2 is 0.506 bits per heavy atom. The first-order valence-corrected chi connectivity index (χ1v) is 31.7. The summed E-state index contributed by atoms with van der Waals surface area (Å²) >= 11 is 0. The smallest absolute Gasteiger partial charge is 0.306 e. The zero-order valence-electron chi connectivity index (χ0n) is 49.9. The fourth-order valence-electron chi connectivity index (χ4n) is 8.43. The van der Waals surface area contributed by atoms with Crippen LogP contribution in [0.3, 0.4) is 0 Å². The van der Waals surface area contributed by atoms with Gasteiger partial charge in [0.2, 0.25) is 0 Å². The van der Waals surface area contributed by atoms with Crippen LogP contribution in [0.15, 0.2) is 134 Å². The number of unbranched alkanes of at least 4 members (excludes halogenated alkanes) is 23. The van der Waals surface area contributed by atoms with Crippen LogP contribution in [0.4, 0.5) is 0 Å². The van der Waals surface area contributed by atoms with E-state index >= 15 is 0 Å². The van der Waals surface area contributed by atoms with E-state index in [2.05, 4.69) is 154 Å². The van der Waals surface area contributed by atoms with Crippen molar-refractivity contribution in [3.05, 3.63) is 134 Å². The summed E-state index contributed by atoms with van der Waals surface area (Å²) in [5.41, 5.74) is 0. The van der Waals surface area contributed by atoms with Gasteiger partial charge in [-0.15, -0.1) is 0 Å². The molecule has 0 aliphatic rings. The van der Waals surface area contributed by atoms with Gasteiger partial charge in [0, 0.05) is 19.3 Å². The monoisotopic (exact) mass is 1060 g/mol. The molecule has 0 aliphatic heterocycles. The second-order valence-corrected chi connectivity index (χ2v) is 20.5. The average molecular weight is 1070 g/mol. The Bertz CT molecular complexity index is 1650. The van der Waals surface area contributed by atoms with Crippen molar-refractivity contribution in [1.29, 1.82) is 0 Å². The predicted molar refractivity (Wildman–Crippen MR) is 334 cm³/mol. The van der Waals surface area contributed by atoms with E-state index in [0.717, 1.165) is 154 Å². The van der Waals surface area contributed by atoms with Gasteiger partial charge < -0.3 is 14.2 Å². The van der Waals surface area contributed by atoms with Gasteiger partial charge in [0.1, 0.15) is 13.2 Å². The average Bonchev–Trinajstić information content (AvgIpc) is 3.43. The SMILES string of the molecule is CC/C=C\C/C=C\C/C=C\C/C=C\C/C=C\C/C=C\CCCCCCCCC(=O)OCC(COC(=O)CCCCCCC/C=C\C/C=C\C/C=C\CC)OC(=O)CCCCCCCCCCC/C=C\C/C=C\CCCCC. The lowest BCUT2D eigenvalue weighted by molar-refractivity contribution is -0.167. The molecule has 6 heteroatoms. The molecule has 0 saturated heterocycles. The first-order valence-electron chi connectivity index (χ1n) is 31.7. The second kappa shape index (κ2) is 64.1. The number of ether oxygens (including phenoxy) is 3. The minimum atomic E-state index is -0.800. The third kappa shape index (κ3) is 62.3. The van der Waals surface area contributed by atoms with Crippen LogP contribution in [-0.4, -0.2) is 37.2 Å². The molecule has 0 aromatic carbocycles. The van der Waals surface area contributed by atoms with Gasteiger partial charge in [-0.1, -0.05) is 257 Å². The molecule has 0 aromatic rings. The van der Waals surface area contributed by atoms with Crippen LogP contribution in [0.5, 0.6) is 0 Å².